The Kier molecular flexibility index (Phi) is 7.39. The van der Waals surface area contributed by atoms with Gasteiger partial charge in [0.15, 0.2) is 0 Å². The van der Waals surface area contributed by atoms with Gasteiger partial charge in [-0.15, -0.1) is 0 Å². The van der Waals surface area contributed by atoms with Crippen LogP contribution in [0.5, 0.6) is 0 Å². The lowest BCUT2D eigenvalue weighted by Crippen LogP contribution is -2.31. The molecule has 0 amide bonds. The van der Waals surface area contributed by atoms with Crippen molar-refractivity contribution in [2.75, 3.05) is 6.61 Å². The maximum absolute atomic E-state index is 11.8. The number of hydrogen-bond acceptors (Lipinski definition) is 3. The molecule has 16 heavy (non-hydrogen) atoms. The summed E-state index contributed by atoms with van der Waals surface area (Å²) in [5.41, 5.74) is -0.415. The fourth-order valence-corrected chi connectivity index (χ4v) is 1.08. The molecule has 0 rings (SSSR count). The molecule has 0 aromatic rings. The van der Waals surface area contributed by atoms with Crippen LogP contribution in [0.4, 0.5) is 0 Å². The van der Waals surface area contributed by atoms with Crippen molar-refractivity contribution < 1.29 is 14.3 Å². The highest BCUT2D eigenvalue weighted by atomic mass is 16.7. The molecule has 0 aromatic carbocycles. The Labute approximate surface area is 99.5 Å². The molecule has 0 aliphatic rings. The van der Waals surface area contributed by atoms with Crippen LogP contribution in [-0.4, -0.2) is 18.9 Å². The normalized spacial score (nSPS) is 13.6. The summed E-state index contributed by atoms with van der Waals surface area (Å²) in [4.78, 5) is 11.8. The van der Waals surface area contributed by atoms with Gasteiger partial charge in [-0.1, -0.05) is 27.2 Å². The van der Waals surface area contributed by atoms with Gasteiger partial charge in [0.25, 0.3) is 0 Å². The molecule has 0 aromatic heterocycles. The van der Waals surface area contributed by atoms with Crippen molar-refractivity contribution >= 4 is 5.97 Å². The minimum absolute atomic E-state index is 0.162. The van der Waals surface area contributed by atoms with Crippen LogP contribution in [0.1, 0.15) is 60.3 Å². The van der Waals surface area contributed by atoms with E-state index in [9.17, 15) is 4.79 Å². The molecule has 1 atom stereocenters. The molecule has 0 saturated heterocycles. The fourth-order valence-electron chi connectivity index (χ4n) is 1.08. The highest BCUT2D eigenvalue weighted by molar-refractivity contribution is 5.75. The average Bonchev–Trinajstić information content (AvgIpc) is 2.26. The highest BCUT2D eigenvalue weighted by Crippen LogP contribution is 2.23. The molecule has 3 nitrogen and oxygen atoms in total. The zero-order valence-corrected chi connectivity index (χ0v) is 11.3. The van der Waals surface area contributed by atoms with Crippen molar-refractivity contribution in [2.45, 2.75) is 66.6 Å². The maximum atomic E-state index is 11.8. The highest BCUT2D eigenvalue weighted by Gasteiger charge is 2.29. The first-order valence-corrected chi connectivity index (χ1v) is 6.30. The lowest BCUT2D eigenvalue weighted by Gasteiger charge is -2.25. The van der Waals surface area contributed by atoms with E-state index < -0.39 is 5.41 Å². The third-order valence-electron chi connectivity index (χ3n) is 2.71. The van der Waals surface area contributed by atoms with Gasteiger partial charge in [-0.3, -0.25) is 4.79 Å². The van der Waals surface area contributed by atoms with Crippen LogP contribution in [0.15, 0.2) is 0 Å². The Morgan fingerprint density at radius 2 is 1.81 bits per heavy atom. The SMILES string of the molecule is CCCOC(CCC)OC(=O)C(C)(C)CC. The van der Waals surface area contributed by atoms with Gasteiger partial charge in [0.05, 0.1) is 12.0 Å². The van der Waals surface area contributed by atoms with E-state index in [1.807, 2.05) is 27.7 Å². The van der Waals surface area contributed by atoms with E-state index in [-0.39, 0.29) is 12.3 Å². The number of ether oxygens (including phenoxy) is 2. The molecule has 1 unspecified atom stereocenters. The van der Waals surface area contributed by atoms with E-state index in [4.69, 9.17) is 9.47 Å². The van der Waals surface area contributed by atoms with E-state index in [2.05, 4.69) is 6.92 Å². The lowest BCUT2D eigenvalue weighted by molar-refractivity contribution is -0.190. The van der Waals surface area contributed by atoms with Gasteiger partial charge >= 0.3 is 5.97 Å². The summed E-state index contributed by atoms with van der Waals surface area (Å²) < 4.78 is 10.9. The molecular weight excluding hydrogens is 204 g/mol. The number of carbonyl (C=O) groups excluding carboxylic acids is 1. The molecule has 96 valence electrons. The molecule has 0 aliphatic heterocycles. The van der Waals surface area contributed by atoms with Gasteiger partial charge in [0.1, 0.15) is 0 Å². The number of esters is 1. The molecule has 0 saturated carbocycles. The molecule has 0 spiro atoms. The van der Waals surface area contributed by atoms with Crippen molar-refractivity contribution in [3.05, 3.63) is 0 Å². The van der Waals surface area contributed by atoms with Crippen LogP contribution in [0, 0.1) is 5.41 Å². The molecule has 0 N–H and O–H groups in total. The van der Waals surface area contributed by atoms with Gasteiger partial charge < -0.3 is 9.47 Å². The minimum Gasteiger partial charge on any atom is -0.435 e. The summed E-state index contributed by atoms with van der Waals surface area (Å²) in [6.07, 6.45) is 3.07. The Hall–Kier alpha value is -0.570. The Morgan fingerprint density at radius 1 is 1.19 bits per heavy atom. The summed E-state index contributed by atoms with van der Waals surface area (Å²) in [5.74, 6) is -0.162. The van der Waals surface area contributed by atoms with Gasteiger partial charge in [-0.25, -0.2) is 0 Å². The van der Waals surface area contributed by atoms with E-state index in [0.29, 0.717) is 6.61 Å². The summed E-state index contributed by atoms with van der Waals surface area (Å²) >= 11 is 0. The third-order valence-corrected chi connectivity index (χ3v) is 2.71. The van der Waals surface area contributed by atoms with Crippen LogP contribution in [0.25, 0.3) is 0 Å². The van der Waals surface area contributed by atoms with Crippen molar-refractivity contribution in [2.24, 2.45) is 5.41 Å². The largest absolute Gasteiger partial charge is 0.435 e. The Morgan fingerprint density at radius 3 is 2.25 bits per heavy atom. The van der Waals surface area contributed by atoms with Crippen LogP contribution in [0.2, 0.25) is 0 Å². The van der Waals surface area contributed by atoms with E-state index in [1.54, 1.807) is 0 Å². The Balaban J connectivity index is 4.21. The number of carbonyl (C=O) groups is 1. The first kappa shape index (κ1) is 15.4. The standard InChI is InChI=1S/C13H26O3/c1-6-9-11(15-10-7-2)16-12(14)13(4,5)8-3/h11H,6-10H2,1-5H3. The molecule has 0 radical (unpaired) electrons. The quantitative estimate of drug-likeness (QED) is 0.473. The minimum atomic E-state index is -0.415. The predicted octanol–water partition coefficient (Wildman–Crippen LogP) is 3.52. The zero-order valence-electron chi connectivity index (χ0n) is 11.3. The molecule has 3 heteroatoms. The van der Waals surface area contributed by atoms with E-state index >= 15 is 0 Å². The fraction of sp³-hybridized carbons (Fsp3) is 0.923. The van der Waals surface area contributed by atoms with Crippen LogP contribution in [0.3, 0.4) is 0 Å². The molecule has 0 heterocycles. The number of rotatable bonds is 8. The van der Waals surface area contributed by atoms with Gasteiger partial charge in [0.2, 0.25) is 6.29 Å². The summed E-state index contributed by atoms with van der Waals surface area (Å²) in [7, 11) is 0. The van der Waals surface area contributed by atoms with Crippen molar-refractivity contribution in [1.82, 2.24) is 0 Å². The molecule has 0 fully saturated rings. The Bertz CT molecular complexity index is 199. The zero-order chi connectivity index (χ0) is 12.6. The van der Waals surface area contributed by atoms with Crippen LogP contribution < -0.4 is 0 Å². The van der Waals surface area contributed by atoms with Crippen LogP contribution >= 0.6 is 0 Å². The van der Waals surface area contributed by atoms with Crippen molar-refractivity contribution in [3.63, 3.8) is 0 Å². The second kappa shape index (κ2) is 7.66. The third kappa shape index (κ3) is 5.50. The van der Waals surface area contributed by atoms with Gasteiger partial charge in [-0.05, 0) is 26.7 Å². The topological polar surface area (TPSA) is 35.5 Å². The average molecular weight is 230 g/mol. The van der Waals surface area contributed by atoms with E-state index in [0.717, 1.165) is 25.7 Å². The summed E-state index contributed by atoms with van der Waals surface area (Å²) in [6, 6.07) is 0. The van der Waals surface area contributed by atoms with Crippen LogP contribution in [-0.2, 0) is 14.3 Å². The first-order valence-electron chi connectivity index (χ1n) is 6.30. The smallest absolute Gasteiger partial charge is 0.313 e. The number of hydrogen-bond donors (Lipinski definition) is 0. The van der Waals surface area contributed by atoms with Gasteiger partial charge in [-0.2, -0.15) is 0 Å². The lowest BCUT2D eigenvalue weighted by atomic mass is 9.91. The summed E-state index contributed by atoms with van der Waals surface area (Å²) in [6.45, 7) is 10.5. The second-order valence-corrected chi connectivity index (χ2v) is 4.73. The molecular formula is C13H26O3. The second-order valence-electron chi connectivity index (χ2n) is 4.73. The summed E-state index contributed by atoms with van der Waals surface area (Å²) in [5, 5.41) is 0. The predicted molar refractivity (Wildman–Crippen MR) is 65.1 cm³/mol. The molecule has 0 bridgehead atoms. The molecule has 0 aliphatic carbocycles. The maximum Gasteiger partial charge on any atom is 0.313 e. The van der Waals surface area contributed by atoms with Crippen molar-refractivity contribution in [1.29, 1.82) is 0 Å². The first-order chi connectivity index (χ1) is 7.47. The monoisotopic (exact) mass is 230 g/mol. The van der Waals surface area contributed by atoms with Crippen molar-refractivity contribution in [3.8, 4) is 0 Å². The van der Waals surface area contributed by atoms with Gasteiger partial charge in [0, 0.05) is 6.42 Å². The van der Waals surface area contributed by atoms with E-state index in [1.165, 1.54) is 0 Å².